The third kappa shape index (κ3) is 49.4. The van der Waals surface area contributed by atoms with Crippen LogP contribution in [0.1, 0.15) is 194 Å². The highest BCUT2D eigenvalue weighted by Gasteiger charge is 2.27. The minimum Gasteiger partial charge on any atom is -0.756 e. The number of hydrogen-bond acceptors (Lipinski definition) is 7. The van der Waals surface area contributed by atoms with Crippen molar-refractivity contribution in [3.8, 4) is 0 Å². The van der Waals surface area contributed by atoms with Crippen molar-refractivity contribution in [1.82, 2.24) is 5.32 Å². The fourth-order valence-electron chi connectivity index (χ4n) is 6.91. The summed E-state index contributed by atoms with van der Waals surface area (Å²) < 4.78 is 30.0. The molecule has 0 saturated heterocycles. The van der Waals surface area contributed by atoms with Crippen molar-refractivity contribution in [2.45, 2.75) is 206 Å². The lowest BCUT2D eigenvalue weighted by atomic mass is 10.1. The van der Waals surface area contributed by atoms with Crippen LogP contribution in [-0.4, -0.2) is 69.4 Å². The van der Waals surface area contributed by atoms with Crippen LogP contribution in [0, 0.1) is 0 Å². The van der Waals surface area contributed by atoms with E-state index in [0.29, 0.717) is 23.9 Å². The van der Waals surface area contributed by atoms with E-state index in [-0.39, 0.29) is 25.4 Å². The molecule has 0 aromatic heterocycles. The Bertz CT molecular complexity index is 1610. The van der Waals surface area contributed by atoms with E-state index in [2.05, 4.69) is 123 Å². The van der Waals surface area contributed by atoms with Gasteiger partial charge in [-0.3, -0.25) is 14.2 Å². The minimum atomic E-state index is -4.73. The van der Waals surface area contributed by atoms with Crippen molar-refractivity contribution in [1.29, 1.82) is 0 Å². The predicted octanol–water partition coefficient (Wildman–Crippen LogP) is 15.7. The Balaban J connectivity index is 5.59. The van der Waals surface area contributed by atoms with E-state index in [4.69, 9.17) is 13.8 Å². The predicted molar refractivity (Wildman–Crippen MR) is 297 cm³/mol. The molecule has 0 bridgehead atoms. The second kappa shape index (κ2) is 49.0. The lowest BCUT2D eigenvalue weighted by molar-refractivity contribution is -0.870. The van der Waals surface area contributed by atoms with E-state index in [0.717, 1.165) is 77.0 Å². The van der Waals surface area contributed by atoms with Gasteiger partial charge in [-0.05, 0) is 102 Å². The first-order valence-corrected chi connectivity index (χ1v) is 28.8. The number of phosphoric acid groups is 1. The summed E-state index contributed by atoms with van der Waals surface area (Å²) >= 11 is 0. The Kier molecular flexibility index (Phi) is 46.5. The molecule has 10 heteroatoms. The zero-order chi connectivity index (χ0) is 51.5. The molecule has 0 radical (unpaired) electrons. The molecule has 398 valence electrons. The third-order valence-corrected chi connectivity index (χ3v) is 12.1. The number of nitrogens with one attached hydrogen (secondary N) is 1. The summed E-state index contributed by atoms with van der Waals surface area (Å²) in [7, 11) is 1.09. The standard InChI is InChI=1S/C60H101N2O7P/c1-7-10-13-16-19-22-25-27-29-31-33-35-38-41-44-47-50-53-60(64)69-58(51-48-45-42-39-36-24-21-18-15-12-9-3)57(56-68-70(65,66)67-55-54-62(4,5)6)61-59(63)52-49-46-43-40-37-34-32-30-28-26-23-20-17-14-11-8-2/h11,14,19-20,22-23,27-30,33-35,37,41,43-44,46,48,51,57-58H,7-10,12-13,15-18,21,24-26,31-32,36,38-40,42,45,47,49-50,52-56H2,1-6H3,(H-,61,63,65,66)/b14-11+,22-19-,23-20+,29-27-,30-28+,35-33-,37-34+,44-41-,46-43+,51-48+. The summed E-state index contributed by atoms with van der Waals surface area (Å²) in [4.78, 5) is 39.7. The number of esters is 1. The summed E-state index contributed by atoms with van der Waals surface area (Å²) in [5.74, 6) is -0.717. The van der Waals surface area contributed by atoms with Crippen molar-refractivity contribution < 1.29 is 37.3 Å². The average molecular weight is 993 g/mol. The maximum atomic E-state index is 13.4. The van der Waals surface area contributed by atoms with Gasteiger partial charge in [-0.25, -0.2) is 0 Å². The largest absolute Gasteiger partial charge is 0.756 e. The number of carbonyl (C=O) groups is 2. The number of allylic oxidation sites excluding steroid dienone is 19. The first-order chi connectivity index (χ1) is 33.9. The van der Waals surface area contributed by atoms with Gasteiger partial charge in [-0.15, -0.1) is 0 Å². The van der Waals surface area contributed by atoms with Crippen LogP contribution >= 0.6 is 7.82 Å². The molecule has 1 amide bonds. The second-order valence-corrected chi connectivity index (χ2v) is 20.4. The lowest BCUT2D eigenvalue weighted by Crippen LogP contribution is -2.47. The zero-order valence-electron chi connectivity index (χ0n) is 45.2. The van der Waals surface area contributed by atoms with Gasteiger partial charge in [0.1, 0.15) is 19.3 Å². The van der Waals surface area contributed by atoms with E-state index in [9.17, 15) is 19.0 Å². The summed E-state index contributed by atoms with van der Waals surface area (Å²) in [6, 6.07) is -0.956. The number of quaternary nitrogens is 1. The molecule has 0 heterocycles. The molecular formula is C60H101N2O7P. The molecule has 0 aliphatic rings. The van der Waals surface area contributed by atoms with E-state index in [1.54, 1.807) is 6.08 Å². The molecule has 3 atom stereocenters. The van der Waals surface area contributed by atoms with Crippen molar-refractivity contribution in [3.63, 3.8) is 0 Å². The van der Waals surface area contributed by atoms with E-state index in [1.807, 2.05) is 39.4 Å². The first kappa shape index (κ1) is 66.4. The topological polar surface area (TPSA) is 114 Å². The smallest absolute Gasteiger partial charge is 0.306 e. The number of phosphoric ester groups is 1. The second-order valence-electron chi connectivity index (χ2n) is 19.0. The molecular weight excluding hydrogens is 892 g/mol. The SMILES string of the molecule is CC/C=C/C/C=C/C/C=C/C/C=C/C/C=C/CCC(=O)NC(COP(=O)([O-])OCC[N+](C)(C)C)C(/C=C/CCCCCCCCCCC)OC(=O)CCC/C=C\C/C=C\C/C=C\C/C=C\CCCCC. The monoisotopic (exact) mass is 993 g/mol. The highest BCUT2D eigenvalue weighted by atomic mass is 31.2. The molecule has 0 aliphatic heterocycles. The fourth-order valence-corrected chi connectivity index (χ4v) is 7.63. The van der Waals surface area contributed by atoms with Crippen LogP contribution in [0.4, 0.5) is 0 Å². The molecule has 9 nitrogen and oxygen atoms in total. The number of amides is 1. The zero-order valence-corrected chi connectivity index (χ0v) is 46.1. The van der Waals surface area contributed by atoms with Crippen LogP contribution in [0.3, 0.4) is 0 Å². The number of ether oxygens (including phenoxy) is 1. The Morgan fingerprint density at radius 1 is 0.514 bits per heavy atom. The van der Waals surface area contributed by atoms with Crippen LogP contribution in [0.15, 0.2) is 122 Å². The minimum absolute atomic E-state index is 0.0505. The fraction of sp³-hybridized carbons (Fsp3) is 0.633. The summed E-state index contributed by atoms with van der Waals surface area (Å²) in [5.41, 5.74) is 0. The van der Waals surface area contributed by atoms with Gasteiger partial charge in [0.25, 0.3) is 7.82 Å². The van der Waals surface area contributed by atoms with Gasteiger partial charge in [0.15, 0.2) is 0 Å². The molecule has 1 N–H and O–H groups in total. The normalized spacial score (nSPS) is 14.8. The van der Waals surface area contributed by atoms with Gasteiger partial charge in [0, 0.05) is 12.8 Å². The van der Waals surface area contributed by atoms with Gasteiger partial charge in [-0.1, -0.05) is 200 Å². The number of nitrogens with zero attached hydrogens (tertiary/aromatic N) is 1. The molecule has 0 aromatic rings. The van der Waals surface area contributed by atoms with Gasteiger partial charge >= 0.3 is 5.97 Å². The van der Waals surface area contributed by atoms with Gasteiger partial charge in [0.05, 0.1) is 33.8 Å². The number of hydrogen-bond donors (Lipinski definition) is 1. The number of carbonyl (C=O) groups excluding carboxylic acids is 2. The summed E-state index contributed by atoms with van der Waals surface area (Å²) in [6.45, 7) is 6.56. The Hall–Kier alpha value is -3.59. The van der Waals surface area contributed by atoms with Crippen LogP contribution in [0.5, 0.6) is 0 Å². The molecule has 0 aliphatic carbocycles. The quantitative estimate of drug-likeness (QED) is 0.0212. The van der Waals surface area contributed by atoms with Gasteiger partial charge < -0.3 is 28.5 Å². The maximum absolute atomic E-state index is 13.4. The maximum Gasteiger partial charge on any atom is 0.306 e. The van der Waals surface area contributed by atoms with Crippen LogP contribution in [0.2, 0.25) is 0 Å². The number of unbranched alkanes of at least 4 members (excludes halogenated alkanes) is 13. The highest BCUT2D eigenvalue weighted by Crippen LogP contribution is 2.38. The van der Waals surface area contributed by atoms with Crippen molar-refractivity contribution >= 4 is 19.7 Å². The molecule has 0 rings (SSSR count). The van der Waals surface area contributed by atoms with Crippen LogP contribution < -0.4 is 10.2 Å². The van der Waals surface area contributed by atoms with Gasteiger partial charge in [0.2, 0.25) is 5.91 Å². The molecule has 3 unspecified atom stereocenters. The van der Waals surface area contributed by atoms with Crippen LogP contribution in [-0.2, 0) is 27.9 Å². The third-order valence-electron chi connectivity index (χ3n) is 11.1. The Morgan fingerprint density at radius 3 is 1.43 bits per heavy atom. The Morgan fingerprint density at radius 2 is 0.929 bits per heavy atom. The molecule has 0 spiro atoms. The van der Waals surface area contributed by atoms with Crippen molar-refractivity contribution in [3.05, 3.63) is 122 Å². The molecule has 70 heavy (non-hydrogen) atoms. The number of rotatable bonds is 47. The van der Waals surface area contributed by atoms with Crippen LogP contribution in [0.25, 0.3) is 0 Å². The summed E-state index contributed by atoms with van der Waals surface area (Å²) in [5, 5.41) is 2.94. The Labute approximate surface area is 429 Å². The first-order valence-electron chi connectivity index (χ1n) is 27.3. The van der Waals surface area contributed by atoms with Gasteiger partial charge in [-0.2, -0.15) is 0 Å². The molecule has 0 aromatic carbocycles. The summed E-state index contributed by atoms with van der Waals surface area (Å²) in [6.07, 6.45) is 67.6. The van der Waals surface area contributed by atoms with Crippen molar-refractivity contribution in [2.75, 3.05) is 40.9 Å². The lowest BCUT2D eigenvalue weighted by Gasteiger charge is -2.30. The average Bonchev–Trinajstić information content (AvgIpc) is 3.32. The van der Waals surface area contributed by atoms with E-state index in [1.165, 1.54) is 70.6 Å². The van der Waals surface area contributed by atoms with E-state index >= 15 is 0 Å². The van der Waals surface area contributed by atoms with E-state index < -0.39 is 32.5 Å². The number of likely N-dealkylation sites (N-methyl/N-ethyl adjacent to an activating group) is 1. The molecule has 0 saturated carbocycles. The molecule has 0 fully saturated rings. The highest BCUT2D eigenvalue weighted by molar-refractivity contribution is 7.45. The van der Waals surface area contributed by atoms with Crippen molar-refractivity contribution in [2.24, 2.45) is 0 Å².